The highest BCUT2D eigenvalue weighted by atomic mass is 16.5. The molecule has 0 saturated heterocycles. The van der Waals surface area contributed by atoms with Gasteiger partial charge in [0.2, 0.25) is 0 Å². The smallest absolute Gasteiger partial charge is 0.289 e. The van der Waals surface area contributed by atoms with E-state index in [4.69, 9.17) is 8.94 Å². The minimum Gasteiger partial charge on any atom is -0.459 e. The Bertz CT molecular complexity index is 1090. The van der Waals surface area contributed by atoms with E-state index in [9.17, 15) is 4.79 Å². The number of amides is 1. The Morgan fingerprint density at radius 1 is 1.26 bits per heavy atom. The molecule has 0 spiro atoms. The lowest BCUT2D eigenvalue weighted by molar-refractivity contribution is 0.0764. The third-order valence-corrected chi connectivity index (χ3v) is 4.65. The molecule has 4 rings (SSSR count). The summed E-state index contributed by atoms with van der Waals surface area (Å²) in [6.45, 7) is 4.56. The number of aromatic nitrogens is 3. The number of nitrogens with zero attached hydrogens (tertiary/aromatic N) is 3. The van der Waals surface area contributed by atoms with Crippen molar-refractivity contribution < 1.29 is 13.7 Å². The van der Waals surface area contributed by atoms with Gasteiger partial charge < -0.3 is 18.8 Å². The van der Waals surface area contributed by atoms with E-state index >= 15 is 0 Å². The van der Waals surface area contributed by atoms with Crippen LogP contribution in [0.5, 0.6) is 0 Å². The lowest BCUT2D eigenvalue weighted by Gasteiger charge is -2.14. The van der Waals surface area contributed by atoms with Crippen molar-refractivity contribution in [2.24, 2.45) is 0 Å². The zero-order valence-corrected chi connectivity index (χ0v) is 15.4. The molecule has 0 unspecified atom stereocenters. The Kier molecular flexibility index (Phi) is 4.27. The van der Waals surface area contributed by atoms with E-state index < -0.39 is 0 Å². The maximum atomic E-state index is 12.2. The highest BCUT2D eigenvalue weighted by Gasteiger charge is 2.18. The number of H-pyrrole nitrogens is 1. The second kappa shape index (κ2) is 6.75. The van der Waals surface area contributed by atoms with Crippen molar-refractivity contribution in [3.05, 3.63) is 59.3 Å². The standard InChI is InChI=1S/C20H20N4O3/c1-12-6-7-15-14(11-12)13(2)18(21-15)19-22-17(23-27-19)8-9-24(3)20(25)16-5-4-10-26-16/h4-7,10-11,21H,8-9H2,1-3H3. The van der Waals surface area contributed by atoms with Crippen LogP contribution in [0.3, 0.4) is 0 Å². The number of furan rings is 1. The molecular formula is C20H20N4O3. The van der Waals surface area contributed by atoms with Crippen molar-refractivity contribution >= 4 is 16.8 Å². The van der Waals surface area contributed by atoms with Crippen molar-refractivity contribution in [3.63, 3.8) is 0 Å². The number of carbonyl (C=O) groups is 1. The van der Waals surface area contributed by atoms with Gasteiger partial charge in [0, 0.05) is 30.9 Å². The number of hydrogen-bond acceptors (Lipinski definition) is 5. The molecule has 3 heterocycles. The Labute approximate surface area is 156 Å². The van der Waals surface area contributed by atoms with E-state index in [2.05, 4.69) is 34.2 Å². The van der Waals surface area contributed by atoms with Crippen LogP contribution in [0.4, 0.5) is 0 Å². The van der Waals surface area contributed by atoms with Crippen LogP contribution in [0.2, 0.25) is 0 Å². The van der Waals surface area contributed by atoms with Gasteiger partial charge in [-0.15, -0.1) is 0 Å². The molecule has 0 saturated carbocycles. The van der Waals surface area contributed by atoms with Crippen molar-refractivity contribution in [2.75, 3.05) is 13.6 Å². The Balaban J connectivity index is 1.49. The van der Waals surface area contributed by atoms with Gasteiger partial charge in [0.15, 0.2) is 11.6 Å². The largest absolute Gasteiger partial charge is 0.459 e. The molecule has 1 amide bonds. The van der Waals surface area contributed by atoms with Gasteiger partial charge in [-0.05, 0) is 43.7 Å². The van der Waals surface area contributed by atoms with Crippen LogP contribution in [0.15, 0.2) is 45.5 Å². The number of aromatic amines is 1. The van der Waals surface area contributed by atoms with Crippen LogP contribution >= 0.6 is 0 Å². The molecular weight excluding hydrogens is 344 g/mol. The number of carbonyl (C=O) groups excluding carboxylic acids is 1. The molecule has 0 fully saturated rings. The molecule has 0 aliphatic carbocycles. The Hall–Kier alpha value is -3.35. The number of benzene rings is 1. The summed E-state index contributed by atoms with van der Waals surface area (Å²) in [4.78, 5) is 21.6. The molecule has 1 N–H and O–H groups in total. The number of likely N-dealkylation sites (N-methyl/N-ethyl adjacent to an activating group) is 1. The first-order valence-corrected chi connectivity index (χ1v) is 8.74. The number of rotatable bonds is 5. The van der Waals surface area contributed by atoms with E-state index in [1.165, 1.54) is 11.8 Å². The molecule has 0 aliphatic rings. The normalized spacial score (nSPS) is 11.2. The molecule has 7 heteroatoms. The maximum Gasteiger partial charge on any atom is 0.289 e. The summed E-state index contributed by atoms with van der Waals surface area (Å²) in [5.41, 5.74) is 4.15. The third-order valence-electron chi connectivity index (χ3n) is 4.65. The molecule has 0 radical (unpaired) electrons. The van der Waals surface area contributed by atoms with Gasteiger partial charge in [-0.25, -0.2) is 0 Å². The summed E-state index contributed by atoms with van der Waals surface area (Å²) in [6, 6.07) is 9.58. The van der Waals surface area contributed by atoms with Gasteiger partial charge in [-0.1, -0.05) is 16.8 Å². The van der Waals surface area contributed by atoms with Crippen LogP contribution in [0.25, 0.3) is 22.5 Å². The number of nitrogens with one attached hydrogen (secondary N) is 1. The summed E-state index contributed by atoms with van der Waals surface area (Å²) in [5, 5.41) is 5.19. The lowest BCUT2D eigenvalue weighted by Crippen LogP contribution is -2.28. The highest BCUT2D eigenvalue weighted by Crippen LogP contribution is 2.29. The number of fused-ring (bicyclic) bond motifs is 1. The molecule has 7 nitrogen and oxygen atoms in total. The van der Waals surface area contributed by atoms with E-state index in [0.29, 0.717) is 30.4 Å². The summed E-state index contributed by atoms with van der Waals surface area (Å²) in [6.07, 6.45) is 1.97. The van der Waals surface area contributed by atoms with Crippen molar-refractivity contribution in [1.29, 1.82) is 0 Å². The first-order valence-electron chi connectivity index (χ1n) is 8.74. The van der Waals surface area contributed by atoms with E-state index in [0.717, 1.165) is 22.2 Å². The molecule has 0 atom stereocenters. The van der Waals surface area contributed by atoms with E-state index in [-0.39, 0.29) is 5.91 Å². The fourth-order valence-electron chi connectivity index (χ4n) is 3.07. The zero-order chi connectivity index (χ0) is 19.0. The third kappa shape index (κ3) is 3.23. The lowest BCUT2D eigenvalue weighted by atomic mass is 10.1. The average molecular weight is 364 g/mol. The summed E-state index contributed by atoms with van der Waals surface area (Å²) in [7, 11) is 1.72. The topological polar surface area (TPSA) is 88.2 Å². The molecule has 0 bridgehead atoms. The summed E-state index contributed by atoms with van der Waals surface area (Å²) < 4.78 is 10.6. The summed E-state index contributed by atoms with van der Waals surface area (Å²) in [5.74, 6) is 1.15. The molecule has 4 aromatic rings. The highest BCUT2D eigenvalue weighted by molar-refractivity contribution is 5.91. The Morgan fingerprint density at radius 2 is 2.11 bits per heavy atom. The van der Waals surface area contributed by atoms with Crippen molar-refractivity contribution in [1.82, 2.24) is 20.0 Å². The van der Waals surface area contributed by atoms with Gasteiger partial charge in [-0.3, -0.25) is 4.79 Å². The van der Waals surface area contributed by atoms with Crippen LogP contribution in [-0.2, 0) is 6.42 Å². The van der Waals surface area contributed by atoms with Gasteiger partial charge >= 0.3 is 0 Å². The first-order chi connectivity index (χ1) is 13.0. The van der Waals surface area contributed by atoms with Crippen LogP contribution < -0.4 is 0 Å². The maximum absolute atomic E-state index is 12.2. The van der Waals surface area contributed by atoms with Crippen molar-refractivity contribution in [2.45, 2.75) is 20.3 Å². The molecule has 0 aliphatic heterocycles. The minimum atomic E-state index is -0.175. The van der Waals surface area contributed by atoms with E-state index in [1.807, 2.05) is 13.0 Å². The zero-order valence-electron chi connectivity index (χ0n) is 15.4. The van der Waals surface area contributed by atoms with Crippen LogP contribution in [0, 0.1) is 13.8 Å². The fraction of sp³-hybridized carbons (Fsp3) is 0.250. The second-order valence-electron chi connectivity index (χ2n) is 6.64. The monoisotopic (exact) mass is 364 g/mol. The number of hydrogen-bond donors (Lipinski definition) is 1. The number of aryl methyl sites for hydroxylation is 2. The molecule has 3 aromatic heterocycles. The first kappa shape index (κ1) is 17.1. The predicted molar refractivity (Wildman–Crippen MR) is 100 cm³/mol. The van der Waals surface area contributed by atoms with Crippen LogP contribution in [0.1, 0.15) is 27.5 Å². The summed E-state index contributed by atoms with van der Waals surface area (Å²) >= 11 is 0. The molecule has 27 heavy (non-hydrogen) atoms. The second-order valence-corrected chi connectivity index (χ2v) is 6.64. The SMILES string of the molecule is Cc1ccc2[nH]c(-c3nc(CCN(C)C(=O)c4ccco4)no3)c(C)c2c1. The Morgan fingerprint density at radius 3 is 2.89 bits per heavy atom. The molecule has 1 aromatic carbocycles. The van der Waals surface area contributed by atoms with Gasteiger partial charge in [-0.2, -0.15) is 4.98 Å². The minimum absolute atomic E-state index is 0.175. The van der Waals surface area contributed by atoms with Crippen LogP contribution in [-0.4, -0.2) is 39.5 Å². The average Bonchev–Trinajstić information content (AvgIpc) is 3.40. The fourth-order valence-corrected chi connectivity index (χ4v) is 3.07. The van der Waals surface area contributed by atoms with Crippen molar-refractivity contribution in [3.8, 4) is 11.6 Å². The van der Waals surface area contributed by atoms with Gasteiger partial charge in [0.05, 0.1) is 6.26 Å². The van der Waals surface area contributed by atoms with Gasteiger partial charge in [0.1, 0.15) is 5.69 Å². The van der Waals surface area contributed by atoms with Gasteiger partial charge in [0.25, 0.3) is 11.8 Å². The molecule has 138 valence electrons. The quantitative estimate of drug-likeness (QED) is 0.583. The predicted octanol–water partition coefficient (Wildman–Crippen LogP) is 3.74. The van der Waals surface area contributed by atoms with E-state index in [1.54, 1.807) is 24.1 Å².